The molecule has 124 valence electrons. The molecular weight excluding hydrogens is 278 g/mol. The maximum absolute atomic E-state index is 12.0. The second-order valence-electron chi connectivity index (χ2n) is 7.40. The topological polar surface area (TPSA) is 56.1 Å². The first-order valence-corrected chi connectivity index (χ1v) is 8.31. The predicted octanol–water partition coefficient (Wildman–Crippen LogP) is 4.22. The molecule has 2 unspecified atom stereocenters. The number of hydrogen-bond acceptors (Lipinski definition) is 3. The van der Waals surface area contributed by atoms with Gasteiger partial charge in [-0.2, -0.15) is 0 Å². The monoisotopic (exact) mass is 307 g/mol. The second kappa shape index (κ2) is 6.71. The van der Waals surface area contributed by atoms with Crippen molar-refractivity contribution in [3.8, 4) is 0 Å². The largest absolute Gasteiger partial charge is 0.444 e. The highest BCUT2D eigenvalue weighted by atomic mass is 16.6. The molecule has 1 saturated carbocycles. The van der Waals surface area contributed by atoms with Gasteiger partial charge in [-0.25, -0.2) is 9.78 Å². The van der Waals surface area contributed by atoms with E-state index in [9.17, 15) is 4.79 Å². The van der Waals surface area contributed by atoms with Gasteiger partial charge in [0.05, 0.1) is 24.3 Å². The average Bonchev–Trinajstić information content (AvgIpc) is 3.02. The van der Waals surface area contributed by atoms with E-state index < -0.39 is 5.60 Å². The first kappa shape index (κ1) is 16.8. The molecule has 5 heteroatoms. The number of ether oxygens (including phenoxy) is 1. The minimum absolute atomic E-state index is 0.0618. The van der Waals surface area contributed by atoms with E-state index in [0.29, 0.717) is 6.04 Å². The molecule has 22 heavy (non-hydrogen) atoms. The van der Waals surface area contributed by atoms with E-state index in [1.54, 1.807) is 0 Å². The zero-order chi connectivity index (χ0) is 16.3. The number of alkyl carbamates (subject to hydrolysis) is 1. The summed E-state index contributed by atoms with van der Waals surface area (Å²) in [4.78, 5) is 16.4. The zero-order valence-corrected chi connectivity index (χ0v) is 14.4. The van der Waals surface area contributed by atoms with Crippen LogP contribution in [0.1, 0.15) is 78.1 Å². The van der Waals surface area contributed by atoms with Crippen molar-refractivity contribution in [2.75, 3.05) is 0 Å². The Bertz CT molecular complexity index is 504. The summed E-state index contributed by atoms with van der Waals surface area (Å²) in [6, 6.07) is 0.440. The number of amides is 1. The Morgan fingerprint density at radius 3 is 2.77 bits per heavy atom. The van der Waals surface area contributed by atoms with Gasteiger partial charge in [0.2, 0.25) is 0 Å². The number of nitrogens with zero attached hydrogens (tertiary/aromatic N) is 2. The molecule has 1 aromatic rings. The lowest BCUT2D eigenvalue weighted by Crippen LogP contribution is -2.35. The van der Waals surface area contributed by atoms with Gasteiger partial charge >= 0.3 is 6.09 Å². The molecule has 1 heterocycles. The molecule has 5 nitrogen and oxygen atoms in total. The lowest BCUT2D eigenvalue weighted by molar-refractivity contribution is 0.0499. The molecule has 0 radical (unpaired) electrons. The number of carbonyl (C=O) groups is 1. The maximum Gasteiger partial charge on any atom is 0.408 e. The van der Waals surface area contributed by atoms with Crippen molar-refractivity contribution < 1.29 is 9.53 Å². The molecule has 0 aliphatic heterocycles. The van der Waals surface area contributed by atoms with Gasteiger partial charge in [-0.1, -0.05) is 13.8 Å². The van der Waals surface area contributed by atoms with Crippen molar-refractivity contribution in [3.63, 3.8) is 0 Å². The maximum atomic E-state index is 12.0. The molecule has 3 atom stereocenters. The lowest BCUT2D eigenvalue weighted by atomic mass is 10.1. The molecule has 1 aliphatic rings. The van der Waals surface area contributed by atoms with Gasteiger partial charge in [-0.3, -0.25) is 0 Å². The summed E-state index contributed by atoms with van der Waals surface area (Å²) in [5.41, 5.74) is 0.594. The molecular formula is C17H29N3O2. The van der Waals surface area contributed by atoms with Crippen LogP contribution in [0.3, 0.4) is 0 Å². The van der Waals surface area contributed by atoms with Crippen molar-refractivity contribution in [2.45, 2.75) is 78.0 Å². The molecule has 1 fully saturated rings. The first-order valence-electron chi connectivity index (χ1n) is 8.31. The molecule has 0 bridgehead atoms. The van der Waals surface area contributed by atoms with Gasteiger partial charge in [0.25, 0.3) is 0 Å². The highest BCUT2D eigenvalue weighted by Crippen LogP contribution is 2.36. The molecule has 1 aliphatic carbocycles. The Morgan fingerprint density at radius 2 is 2.23 bits per heavy atom. The third-order valence-corrected chi connectivity index (χ3v) is 4.21. The first-order chi connectivity index (χ1) is 10.3. The molecule has 1 N–H and O–H groups in total. The third-order valence-electron chi connectivity index (χ3n) is 4.21. The van der Waals surface area contributed by atoms with E-state index in [1.165, 1.54) is 19.3 Å². The van der Waals surface area contributed by atoms with Gasteiger partial charge in [0, 0.05) is 6.04 Å². The number of nitrogens with one attached hydrogen (secondary N) is 1. The standard InChI is InChI=1S/C17H29N3O2/c1-6-14(19-16(21)22-17(3,4)5)15-10-18-11-20(15)13-8-7-12(2)9-13/h10-14H,6-9H2,1-5H3,(H,19,21)/t12?,13?,14-/m1/s1. The fourth-order valence-corrected chi connectivity index (χ4v) is 3.15. The third kappa shape index (κ3) is 4.24. The van der Waals surface area contributed by atoms with Crippen LogP contribution >= 0.6 is 0 Å². The van der Waals surface area contributed by atoms with Crippen LogP contribution in [0.5, 0.6) is 0 Å². The molecule has 2 rings (SSSR count). The van der Waals surface area contributed by atoms with Crippen molar-refractivity contribution in [1.29, 1.82) is 0 Å². The number of aromatic nitrogens is 2. The summed E-state index contributed by atoms with van der Waals surface area (Å²) in [6.07, 6.45) is 7.85. The second-order valence-corrected chi connectivity index (χ2v) is 7.40. The molecule has 1 amide bonds. The normalized spacial score (nSPS) is 23.3. The molecule has 1 aromatic heterocycles. The fraction of sp³-hybridized carbons (Fsp3) is 0.765. The van der Waals surface area contributed by atoms with Crippen molar-refractivity contribution in [2.24, 2.45) is 5.92 Å². The number of carbonyl (C=O) groups excluding carboxylic acids is 1. The SMILES string of the molecule is CC[C@@H](NC(=O)OC(C)(C)C)c1cncn1C1CCC(C)C1. The van der Waals surface area contributed by atoms with Gasteiger partial charge in [0.1, 0.15) is 5.60 Å². The van der Waals surface area contributed by atoms with Gasteiger partial charge in [-0.05, 0) is 52.4 Å². The average molecular weight is 307 g/mol. The van der Waals surface area contributed by atoms with Crippen LogP contribution in [0.25, 0.3) is 0 Å². The van der Waals surface area contributed by atoms with Crippen LogP contribution in [0.4, 0.5) is 4.79 Å². The predicted molar refractivity (Wildman–Crippen MR) is 86.7 cm³/mol. The van der Waals surface area contributed by atoms with E-state index in [2.05, 4.69) is 28.7 Å². The van der Waals surface area contributed by atoms with Crippen LogP contribution in [0.15, 0.2) is 12.5 Å². The van der Waals surface area contributed by atoms with Crippen molar-refractivity contribution in [3.05, 3.63) is 18.2 Å². The summed E-state index contributed by atoms with van der Waals surface area (Å²) < 4.78 is 7.62. The fourth-order valence-electron chi connectivity index (χ4n) is 3.15. The number of hydrogen-bond donors (Lipinski definition) is 1. The van der Waals surface area contributed by atoms with Crippen LogP contribution in [0.2, 0.25) is 0 Å². The Kier molecular flexibility index (Phi) is 5.14. The summed E-state index contributed by atoms with van der Waals surface area (Å²) in [6.45, 7) is 9.98. The summed E-state index contributed by atoms with van der Waals surface area (Å²) >= 11 is 0. The van der Waals surface area contributed by atoms with Crippen molar-refractivity contribution in [1.82, 2.24) is 14.9 Å². The highest BCUT2D eigenvalue weighted by Gasteiger charge is 2.27. The Hall–Kier alpha value is -1.52. The molecule has 0 aromatic carbocycles. The van der Waals surface area contributed by atoms with E-state index in [-0.39, 0.29) is 12.1 Å². The quantitative estimate of drug-likeness (QED) is 0.906. The molecule has 0 spiro atoms. The Balaban J connectivity index is 2.08. The van der Waals surface area contributed by atoms with E-state index in [4.69, 9.17) is 4.74 Å². The minimum atomic E-state index is -0.483. The molecule has 0 saturated heterocycles. The smallest absolute Gasteiger partial charge is 0.408 e. The van der Waals surface area contributed by atoms with Gasteiger partial charge in [0.15, 0.2) is 0 Å². The Morgan fingerprint density at radius 1 is 1.50 bits per heavy atom. The number of rotatable bonds is 4. The van der Waals surface area contributed by atoms with E-state index in [0.717, 1.165) is 18.0 Å². The minimum Gasteiger partial charge on any atom is -0.444 e. The van der Waals surface area contributed by atoms with Gasteiger partial charge in [-0.15, -0.1) is 0 Å². The summed E-state index contributed by atoms with van der Waals surface area (Å²) in [7, 11) is 0. The van der Waals surface area contributed by atoms with Crippen LogP contribution in [-0.4, -0.2) is 21.2 Å². The highest BCUT2D eigenvalue weighted by molar-refractivity contribution is 5.68. The zero-order valence-electron chi connectivity index (χ0n) is 14.4. The lowest BCUT2D eigenvalue weighted by Gasteiger charge is -2.25. The van der Waals surface area contributed by atoms with E-state index >= 15 is 0 Å². The van der Waals surface area contributed by atoms with Crippen LogP contribution in [0, 0.1) is 5.92 Å². The van der Waals surface area contributed by atoms with Crippen molar-refractivity contribution >= 4 is 6.09 Å². The number of imidazole rings is 1. The summed E-state index contributed by atoms with van der Waals surface area (Å²) in [5, 5.41) is 2.98. The van der Waals surface area contributed by atoms with Crippen LogP contribution in [-0.2, 0) is 4.74 Å². The summed E-state index contributed by atoms with van der Waals surface area (Å²) in [5.74, 6) is 0.763. The Labute approximate surface area is 133 Å². The van der Waals surface area contributed by atoms with Gasteiger partial charge < -0.3 is 14.6 Å². The van der Waals surface area contributed by atoms with E-state index in [1.807, 2.05) is 33.3 Å². The van der Waals surface area contributed by atoms with Crippen LogP contribution < -0.4 is 5.32 Å².